The number of amides is 1. The molecular formula is C14H25N3O2S. The molecule has 2 unspecified atom stereocenters. The van der Waals surface area contributed by atoms with Gasteiger partial charge in [0.05, 0.1) is 5.69 Å². The van der Waals surface area contributed by atoms with Crippen LogP contribution in [0.5, 0.6) is 0 Å². The van der Waals surface area contributed by atoms with Gasteiger partial charge in [-0.15, -0.1) is 11.3 Å². The fraction of sp³-hybridized carbons (Fsp3) is 0.714. The number of carbonyl (C=O) groups excluding carboxylic acids is 1. The maximum Gasteiger partial charge on any atom is 0.226 e. The number of ether oxygens (including phenoxy) is 1. The minimum atomic E-state index is -0.00961. The highest BCUT2D eigenvalue weighted by molar-refractivity contribution is 7.13. The molecule has 0 aliphatic carbocycles. The molecular weight excluding hydrogens is 274 g/mol. The van der Waals surface area contributed by atoms with E-state index in [0.29, 0.717) is 18.2 Å². The summed E-state index contributed by atoms with van der Waals surface area (Å²) >= 11 is 1.47. The molecule has 0 radical (unpaired) electrons. The molecule has 2 atom stereocenters. The van der Waals surface area contributed by atoms with Crippen LogP contribution >= 0.6 is 11.3 Å². The zero-order valence-corrected chi connectivity index (χ0v) is 13.5. The zero-order chi connectivity index (χ0) is 15.0. The number of hydrogen-bond acceptors (Lipinski definition) is 5. The molecule has 0 spiro atoms. The van der Waals surface area contributed by atoms with E-state index in [1.807, 2.05) is 12.3 Å². The first-order valence-electron chi connectivity index (χ1n) is 7.04. The number of nitrogens with one attached hydrogen (secondary N) is 2. The van der Waals surface area contributed by atoms with Crippen molar-refractivity contribution in [2.45, 2.75) is 39.7 Å². The van der Waals surface area contributed by atoms with Crippen molar-refractivity contribution in [1.82, 2.24) is 10.3 Å². The van der Waals surface area contributed by atoms with Gasteiger partial charge >= 0.3 is 0 Å². The first-order chi connectivity index (χ1) is 9.56. The Kier molecular flexibility index (Phi) is 7.72. The second-order valence-corrected chi connectivity index (χ2v) is 5.92. The Morgan fingerprint density at radius 2 is 2.25 bits per heavy atom. The predicted octanol–water partition coefficient (Wildman–Crippen LogP) is 2.81. The Morgan fingerprint density at radius 3 is 2.90 bits per heavy atom. The molecule has 0 saturated carbocycles. The summed E-state index contributed by atoms with van der Waals surface area (Å²) in [5.41, 5.74) is 0.976. The van der Waals surface area contributed by atoms with Crippen LogP contribution in [-0.4, -0.2) is 31.2 Å². The van der Waals surface area contributed by atoms with E-state index < -0.39 is 0 Å². The van der Waals surface area contributed by atoms with Crippen LogP contribution in [0.4, 0.5) is 5.13 Å². The molecule has 6 heteroatoms. The Morgan fingerprint density at radius 1 is 1.50 bits per heavy atom. The highest BCUT2D eigenvalue weighted by Crippen LogP contribution is 2.21. The monoisotopic (exact) mass is 299 g/mol. The highest BCUT2D eigenvalue weighted by Gasteiger charge is 2.13. The number of rotatable bonds is 9. The number of thiazole rings is 1. The Labute approximate surface area is 125 Å². The summed E-state index contributed by atoms with van der Waals surface area (Å²) in [6.07, 6.45) is 1.54. The molecule has 0 fully saturated rings. The highest BCUT2D eigenvalue weighted by atomic mass is 32.1. The molecule has 1 aromatic rings. The van der Waals surface area contributed by atoms with Gasteiger partial charge in [0, 0.05) is 31.6 Å². The normalized spacial score (nSPS) is 14.0. The summed E-state index contributed by atoms with van der Waals surface area (Å²) in [5.74, 6) is 0.203. The first kappa shape index (κ1) is 17.1. The molecule has 1 heterocycles. The van der Waals surface area contributed by atoms with E-state index in [2.05, 4.69) is 29.5 Å². The number of methoxy groups -OCH3 is 1. The smallest absolute Gasteiger partial charge is 0.226 e. The second-order valence-electron chi connectivity index (χ2n) is 5.07. The quantitative estimate of drug-likeness (QED) is 0.736. The molecule has 0 aromatic carbocycles. The van der Waals surface area contributed by atoms with Gasteiger partial charge in [-0.25, -0.2) is 4.98 Å². The Hall–Kier alpha value is -0.980. The van der Waals surface area contributed by atoms with Crippen LogP contribution in [0.1, 0.15) is 45.3 Å². The zero-order valence-electron chi connectivity index (χ0n) is 12.7. The maximum absolute atomic E-state index is 11.8. The Balaban J connectivity index is 2.45. The fourth-order valence-corrected chi connectivity index (χ4v) is 2.66. The van der Waals surface area contributed by atoms with Gasteiger partial charge in [0.15, 0.2) is 5.13 Å². The van der Waals surface area contributed by atoms with Crippen LogP contribution in [0.25, 0.3) is 0 Å². The van der Waals surface area contributed by atoms with Crippen LogP contribution in [0.15, 0.2) is 5.38 Å². The molecule has 1 amide bonds. The van der Waals surface area contributed by atoms with Crippen LogP contribution in [0, 0.1) is 5.92 Å². The van der Waals surface area contributed by atoms with E-state index in [9.17, 15) is 4.79 Å². The van der Waals surface area contributed by atoms with Gasteiger partial charge in [0.2, 0.25) is 5.91 Å². The number of aromatic nitrogens is 1. The van der Waals surface area contributed by atoms with E-state index in [-0.39, 0.29) is 17.9 Å². The van der Waals surface area contributed by atoms with E-state index >= 15 is 0 Å². The lowest BCUT2D eigenvalue weighted by molar-refractivity contribution is -0.117. The third-order valence-corrected chi connectivity index (χ3v) is 3.67. The molecule has 2 N–H and O–H groups in total. The summed E-state index contributed by atoms with van der Waals surface area (Å²) in [5, 5.41) is 8.88. The number of nitrogens with zero attached hydrogens (tertiary/aromatic N) is 1. The standard InChI is InChI=1S/C14H25N3O2S/c1-5-6-15-11(3)12-9-20-14(16-12)17-13(18)7-10(2)8-19-4/h9-11,15H,5-8H2,1-4H3,(H,16,17,18). The second kappa shape index (κ2) is 9.05. The van der Waals surface area contributed by atoms with Gasteiger partial charge in [0.25, 0.3) is 0 Å². The molecule has 5 nitrogen and oxygen atoms in total. The SMILES string of the molecule is CCCNC(C)c1csc(NC(=O)CC(C)COC)n1. The van der Waals surface area contributed by atoms with Crippen molar-refractivity contribution in [3.8, 4) is 0 Å². The van der Waals surface area contributed by atoms with Crippen LogP contribution in [-0.2, 0) is 9.53 Å². The molecule has 0 aliphatic rings. The lowest BCUT2D eigenvalue weighted by atomic mass is 10.1. The summed E-state index contributed by atoms with van der Waals surface area (Å²) < 4.78 is 5.03. The van der Waals surface area contributed by atoms with Gasteiger partial charge < -0.3 is 15.4 Å². The van der Waals surface area contributed by atoms with Crippen molar-refractivity contribution in [3.05, 3.63) is 11.1 Å². The van der Waals surface area contributed by atoms with Crippen LogP contribution < -0.4 is 10.6 Å². The molecule has 1 rings (SSSR count). The van der Waals surface area contributed by atoms with Crippen LogP contribution in [0.2, 0.25) is 0 Å². The van der Waals surface area contributed by atoms with E-state index in [4.69, 9.17) is 4.74 Å². The van der Waals surface area contributed by atoms with Gasteiger partial charge in [0.1, 0.15) is 0 Å². The number of carbonyl (C=O) groups is 1. The van der Waals surface area contributed by atoms with E-state index in [0.717, 1.165) is 18.7 Å². The van der Waals surface area contributed by atoms with Crippen molar-refractivity contribution in [3.63, 3.8) is 0 Å². The first-order valence-corrected chi connectivity index (χ1v) is 7.92. The molecule has 0 saturated heterocycles. The summed E-state index contributed by atoms with van der Waals surface area (Å²) in [7, 11) is 1.65. The Bertz CT molecular complexity index is 409. The summed E-state index contributed by atoms with van der Waals surface area (Å²) in [6, 6.07) is 0.212. The predicted molar refractivity (Wildman–Crippen MR) is 83.1 cm³/mol. The molecule has 0 bridgehead atoms. The third kappa shape index (κ3) is 5.98. The lowest BCUT2D eigenvalue weighted by Gasteiger charge is -2.10. The molecule has 1 aromatic heterocycles. The largest absolute Gasteiger partial charge is 0.384 e. The third-order valence-electron chi connectivity index (χ3n) is 2.90. The number of anilines is 1. The molecule has 20 heavy (non-hydrogen) atoms. The van der Waals surface area contributed by atoms with Crippen LogP contribution in [0.3, 0.4) is 0 Å². The minimum Gasteiger partial charge on any atom is -0.384 e. The summed E-state index contributed by atoms with van der Waals surface area (Å²) in [4.78, 5) is 16.3. The minimum absolute atomic E-state index is 0.00961. The van der Waals surface area contributed by atoms with Crippen molar-refractivity contribution in [2.24, 2.45) is 5.92 Å². The van der Waals surface area contributed by atoms with Crippen molar-refractivity contribution >= 4 is 22.4 Å². The number of hydrogen-bond donors (Lipinski definition) is 2. The van der Waals surface area contributed by atoms with Crippen molar-refractivity contribution in [1.29, 1.82) is 0 Å². The fourth-order valence-electron chi connectivity index (χ4n) is 1.84. The van der Waals surface area contributed by atoms with E-state index in [1.165, 1.54) is 11.3 Å². The van der Waals surface area contributed by atoms with Crippen molar-refractivity contribution in [2.75, 3.05) is 25.6 Å². The average molecular weight is 299 g/mol. The maximum atomic E-state index is 11.8. The van der Waals surface area contributed by atoms with Gasteiger partial charge in [-0.1, -0.05) is 13.8 Å². The summed E-state index contributed by atoms with van der Waals surface area (Å²) in [6.45, 7) is 7.76. The topological polar surface area (TPSA) is 63.2 Å². The van der Waals surface area contributed by atoms with Gasteiger partial charge in [-0.05, 0) is 25.8 Å². The molecule has 114 valence electrons. The molecule has 0 aliphatic heterocycles. The average Bonchev–Trinajstić information content (AvgIpc) is 2.84. The van der Waals surface area contributed by atoms with Crippen molar-refractivity contribution < 1.29 is 9.53 Å². The van der Waals surface area contributed by atoms with Gasteiger partial charge in [-0.2, -0.15) is 0 Å². The lowest BCUT2D eigenvalue weighted by Crippen LogP contribution is -2.20. The van der Waals surface area contributed by atoms with E-state index in [1.54, 1.807) is 7.11 Å². The van der Waals surface area contributed by atoms with Gasteiger partial charge in [-0.3, -0.25) is 4.79 Å².